The van der Waals surface area contributed by atoms with Crippen molar-refractivity contribution >= 4 is 40.2 Å². The normalized spacial score (nSPS) is 10.8. The Morgan fingerprint density at radius 1 is 0.435 bits per heavy atom. The fourth-order valence-electron chi connectivity index (χ4n) is 5.65. The molecule has 3 heteroatoms. The van der Waals surface area contributed by atoms with Gasteiger partial charge in [-0.2, -0.15) is 0 Å². The Bertz CT molecular complexity index is 1890. The standard InChI is InChI=1S/C43H34N2S/c1-32-20-24-36(25-21-32)45(37-26-22-35(23-27-37)44-42-18-10-8-16-40(42)33-12-4-2-5-13-33)38-28-30-39(31-29-38)46-43-19-11-9-17-41(43)34-14-6-3-7-15-34/h2-31,44H,1H3. The monoisotopic (exact) mass is 610 g/mol. The van der Waals surface area contributed by atoms with E-state index in [2.05, 4.69) is 199 Å². The summed E-state index contributed by atoms with van der Waals surface area (Å²) in [5.74, 6) is 0. The first kappa shape index (κ1) is 29.2. The molecule has 2 nitrogen and oxygen atoms in total. The minimum atomic E-state index is 1.04. The molecule has 0 aliphatic carbocycles. The quantitative estimate of drug-likeness (QED) is 0.175. The van der Waals surface area contributed by atoms with Gasteiger partial charge in [0.1, 0.15) is 0 Å². The van der Waals surface area contributed by atoms with Crippen LogP contribution in [0.5, 0.6) is 0 Å². The molecule has 0 aliphatic rings. The average molecular weight is 611 g/mol. The minimum Gasteiger partial charge on any atom is -0.355 e. The predicted molar refractivity (Wildman–Crippen MR) is 197 cm³/mol. The largest absolute Gasteiger partial charge is 0.355 e. The molecule has 222 valence electrons. The van der Waals surface area contributed by atoms with E-state index in [0.29, 0.717) is 0 Å². The van der Waals surface area contributed by atoms with Gasteiger partial charge in [0.05, 0.1) is 0 Å². The van der Waals surface area contributed by atoms with Crippen LogP contribution in [0.3, 0.4) is 0 Å². The van der Waals surface area contributed by atoms with Crippen molar-refractivity contribution in [3.05, 3.63) is 188 Å². The van der Waals surface area contributed by atoms with Crippen molar-refractivity contribution in [3.8, 4) is 22.3 Å². The van der Waals surface area contributed by atoms with Crippen LogP contribution in [0.2, 0.25) is 0 Å². The van der Waals surface area contributed by atoms with Crippen LogP contribution in [-0.2, 0) is 0 Å². The van der Waals surface area contributed by atoms with Gasteiger partial charge in [-0.3, -0.25) is 0 Å². The topological polar surface area (TPSA) is 15.3 Å². The molecule has 0 aliphatic heterocycles. The third kappa shape index (κ3) is 6.61. The van der Waals surface area contributed by atoms with Crippen molar-refractivity contribution in [1.29, 1.82) is 0 Å². The first-order valence-corrected chi connectivity index (χ1v) is 16.3. The van der Waals surface area contributed by atoms with Crippen molar-refractivity contribution in [1.82, 2.24) is 0 Å². The molecule has 0 saturated carbocycles. The Hall–Kier alpha value is -5.51. The van der Waals surface area contributed by atoms with E-state index in [1.807, 2.05) is 0 Å². The van der Waals surface area contributed by atoms with E-state index in [1.165, 1.54) is 37.6 Å². The Balaban J connectivity index is 1.16. The summed E-state index contributed by atoms with van der Waals surface area (Å²) in [6.45, 7) is 2.13. The van der Waals surface area contributed by atoms with Crippen LogP contribution in [0.15, 0.2) is 192 Å². The van der Waals surface area contributed by atoms with E-state index in [9.17, 15) is 0 Å². The first-order chi connectivity index (χ1) is 22.7. The van der Waals surface area contributed by atoms with Crippen molar-refractivity contribution < 1.29 is 0 Å². The summed E-state index contributed by atoms with van der Waals surface area (Å²) in [7, 11) is 0. The molecule has 0 fully saturated rings. The lowest BCUT2D eigenvalue weighted by atomic mass is 10.0. The van der Waals surface area contributed by atoms with Crippen LogP contribution in [0.1, 0.15) is 5.56 Å². The number of hydrogen-bond donors (Lipinski definition) is 1. The number of aryl methyl sites for hydroxylation is 1. The second kappa shape index (κ2) is 13.6. The number of benzene rings is 7. The number of hydrogen-bond acceptors (Lipinski definition) is 3. The number of rotatable bonds is 9. The van der Waals surface area contributed by atoms with Crippen LogP contribution in [0.25, 0.3) is 22.3 Å². The van der Waals surface area contributed by atoms with Crippen LogP contribution in [0, 0.1) is 6.92 Å². The number of nitrogens with zero attached hydrogens (tertiary/aromatic N) is 1. The van der Waals surface area contributed by atoms with E-state index in [4.69, 9.17) is 0 Å². The zero-order chi connectivity index (χ0) is 31.1. The third-order valence-electron chi connectivity index (χ3n) is 8.00. The van der Waals surface area contributed by atoms with Gasteiger partial charge in [0, 0.05) is 43.8 Å². The van der Waals surface area contributed by atoms with Crippen molar-refractivity contribution in [3.63, 3.8) is 0 Å². The van der Waals surface area contributed by atoms with Crippen molar-refractivity contribution in [2.24, 2.45) is 0 Å². The highest BCUT2D eigenvalue weighted by Gasteiger charge is 2.14. The lowest BCUT2D eigenvalue weighted by Gasteiger charge is -2.26. The van der Waals surface area contributed by atoms with Crippen molar-refractivity contribution in [2.75, 3.05) is 10.2 Å². The summed E-state index contributed by atoms with van der Waals surface area (Å²) in [4.78, 5) is 4.76. The van der Waals surface area contributed by atoms with Crippen LogP contribution >= 0.6 is 11.8 Å². The molecule has 0 aromatic heterocycles. The molecule has 0 spiro atoms. The SMILES string of the molecule is Cc1ccc(N(c2ccc(Nc3ccccc3-c3ccccc3)cc2)c2ccc(Sc3ccccc3-c3ccccc3)cc2)cc1. The summed E-state index contributed by atoms with van der Waals surface area (Å²) in [5, 5.41) is 3.65. The van der Waals surface area contributed by atoms with Gasteiger partial charge in [-0.1, -0.05) is 127 Å². The highest BCUT2D eigenvalue weighted by molar-refractivity contribution is 7.99. The molecule has 0 heterocycles. The first-order valence-electron chi connectivity index (χ1n) is 15.5. The maximum Gasteiger partial charge on any atom is 0.0463 e. The summed E-state index contributed by atoms with van der Waals surface area (Å²) in [6, 6.07) is 64.5. The zero-order valence-corrected chi connectivity index (χ0v) is 26.5. The maximum atomic E-state index is 3.65. The molecule has 7 aromatic rings. The molecular formula is C43H34N2S. The molecule has 0 unspecified atom stereocenters. The molecule has 0 amide bonds. The van der Waals surface area contributed by atoms with E-state index in [1.54, 1.807) is 11.8 Å². The van der Waals surface area contributed by atoms with Gasteiger partial charge >= 0.3 is 0 Å². The predicted octanol–water partition coefficient (Wildman–Crippen LogP) is 12.7. The summed E-state index contributed by atoms with van der Waals surface area (Å²) < 4.78 is 0. The number of para-hydroxylation sites is 1. The van der Waals surface area contributed by atoms with E-state index >= 15 is 0 Å². The molecule has 0 atom stereocenters. The molecule has 0 radical (unpaired) electrons. The molecule has 7 rings (SSSR count). The maximum absolute atomic E-state index is 3.65. The Labute approximate surface area is 276 Å². The molecule has 0 saturated heterocycles. The van der Waals surface area contributed by atoms with Gasteiger partial charge in [0.15, 0.2) is 0 Å². The van der Waals surface area contributed by atoms with Crippen LogP contribution < -0.4 is 10.2 Å². The van der Waals surface area contributed by atoms with E-state index in [-0.39, 0.29) is 0 Å². The molecule has 0 bridgehead atoms. The zero-order valence-electron chi connectivity index (χ0n) is 25.7. The van der Waals surface area contributed by atoms with Gasteiger partial charge in [-0.05, 0) is 96.4 Å². The van der Waals surface area contributed by atoms with Gasteiger partial charge in [-0.15, -0.1) is 0 Å². The lowest BCUT2D eigenvalue weighted by Crippen LogP contribution is -2.10. The summed E-state index contributed by atoms with van der Waals surface area (Å²) >= 11 is 1.80. The highest BCUT2D eigenvalue weighted by atomic mass is 32.2. The fourth-order valence-corrected chi connectivity index (χ4v) is 6.62. The lowest BCUT2D eigenvalue weighted by molar-refractivity contribution is 1.26. The molecule has 1 N–H and O–H groups in total. The third-order valence-corrected chi connectivity index (χ3v) is 9.09. The molecule has 46 heavy (non-hydrogen) atoms. The summed E-state index contributed by atoms with van der Waals surface area (Å²) in [5.41, 5.74) is 11.5. The van der Waals surface area contributed by atoms with Gasteiger partial charge in [0.25, 0.3) is 0 Å². The van der Waals surface area contributed by atoms with Crippen molar-refractivity contribution in [2.45, 2.75) is 16.7 Å². The highest BCUT2D eigenvalue weighted by Crippen LogP contribution is 2.40. The second-order valence-corrected chi connectivity index (χ2v) is 12.3. The van der Waals surface area contributed by atoms with E-state index < -0.39 is 0 Å². The molecule has 7 aromatic carbocycles. The van der Waals surface area contributed by atoms with Crippen LogP contribution in [-0.4, -0.2) is 0 Å². The average Bonchev–Trinajstić information content (AvgIpc) is 3.12. The Morgan fingerprint density at radius 3 is 1.54 bits per heavy atom. The fraction of sp³-hybridized carbons (Fsp3) is 0.0233. The minimum absolute atomic E-state index is 1.04. The Kier molecular flexibility index (Phi) is 8.66. The van der Waals surface area contributed by atoms with Gasteiger partial charge in [-0.25, -0.2) is 0 Å². The smallest absolute Gasteiger partial charge is 0.0463 e. The van der Waals surface area contributed by atoms with Gasteiger partial charge < -0.3 is 10.2 Å². The van der Waals surface area contributed by atoms with E-state index in [0.717, 1.165) is 28.4 Å². The van der Waals surface area contributed by atoms with Crippen LogP contribution in [0.4, 0.5) is 28.4 Å². The summed E-state index contributed by atoms with van der Waals surface area (Å²) in [6.07, 6.45) is 0. The second-order valence-electron chi connectivity index (χ2n) is 11.2. The van der Waals surface area contributed by atoms with Gasteiger partial charge in [0.2, 0.25) is 0 Å². The Morgan fingerprint density at radius 2 is 0.913 bits per heavy atom. The number of nitrogens with one attached hydrogen (secondary N) is 1. The molecular weight excluding hydrogens is 577 g/mol. The number of anilines is 5.